The van der Waals surface area contributed by atoms with Gasteiger partial charge in [0, 0.05) is 27.2 Å². The molecule has 0 unspecified atom stereocenters. The zero-order valence-corrected chi connectivity index (χ0v) is 35.2. The van der Waals surface area contributed by atoms with Gasteiger partial charge in [0.15, 0.2) is 11.5 Å². The highest BCUT2D eigenvalue weighted by atomic mass is 16.5. The van der Waals surface area contributed by atoms with Crippen molar-refractivity contribution in [2.24, 2.45) is 0 Å². The molecule has 13 aromatic rings. The molecule has 0 N–H and O–H groups in total. The molecule has 0 fully saturated rings. The highest BCUT2D eigenvalue weighted by molar-refractivity contribution is 6.25. The summed E-state index contributed by atoms with van der Waals surface area (Å²) in [6.45, 7) is 0. The molecule has 1 aliphatic heterocycles. The maximum Gasteiger partial charge on any atom is 0.159 e. The van der Waals surface area contributed by atoms with E-state index < -0.39 is 0 Å². The van der Waals surface area contributed by atoms with Gasteiger partial charge in [-0.15, -0.1) is 0 Å². The summed E-state index contributed by atoms with van der Waals surface area (Å²) in [5.74, 6) is 1.69. The lowest BCUT2D eigenvalue weighted by Gasteiger charge is -2.34. The van der Waals surface area contributed by atoms with Gasteiger partial charge < -0.3 is 14.2 Å². The van der Waals surface area contributed by atoms with Crippen molar-refractivity contribution < 1.29 is 4.74 Å². The van der Waals surface area contributed by atoms with Crippen molar-refractivity contribution in [3.8, 4) is 39.4 Å². The Bertz CT molecular complexity index is 4080. The average molecular weight is 827 g/mol. The molecule has 0 amide bonds. The Kier molecular flexibility index (Phi) is 7.69. The molecular formula is C62H38N2O. The van der Waals surface area contributed by atoms with Crippen LogP contribution in [0, 0.1) is 0 Å². The summed E-state index contributed by atoms with van der Waals surface area (Å²) >= 11 is 0. The first-order valence-electron chi connectivity index (χ1n) is 22.3. The number of nitrogens with zero attached hydrogens (tertiary/aromatic N) is 2. The maximum atomic E-state index is 7.00. The van der Waals surface area contributed by atoms with E-state index in [-0.39, 0.29) is 0 Å². The van der Waals surface area contributed by atoms with Gasteiger partial charge in [0.2, 0.25) is 0 Å². The largest absolute Gasteiger partial charge is 0.452 e. The molecule has 3 nitrogen and oxygen atoms in total. The molecule has 0 radical (unpaired) electrons. The molecule has 12 aromatic carbocycles. The van der Waals surface area contributed by atoms with Crippen LogP contribution in [0.5, 0.6) is 11.5 Å². The number of rotatable bonds is 4. The standard InChI is InChI=1S/C62H38N2O/c1-3-18-46-39(13-1)15-12-26-56(46)64-59-33-30-44(38-61(59)65-62-47-19-4-2-14-40(47)28-34-60(62)64)43-29-32-58-55(37-43)53-24-9-10-25-57(53)63(58)45-17-11-16-41(35-45)42-27-31-52-50-22-6-5-20-48(50)49-21-7-8-23-51(49)54(52)36-42/h1-38H. The predicted molar refractivity (Wildman–Crippen MR) is 274 cm³/mol. The Morgan fingerprint density at radius 1 is 0.277 bits per heavy atom. The van der Waals surface area contributed by atoms with Gasteiger partial charge in [-0.25, -0.2) is 0 Å². The summed E-state index contributed by atoms with van der Waals surface area (Å²) < 4.78 is 9.42. The first-order chi connectivity index (χ1) is 32.2. The fraction of sp³-hybridized carbons (Fsp3) is 0. The minimum atomic E-state index is 0.827. The van der Waals surface area contributed by atoms with E-state index in [1.54, 1.807) is 0 Å². The predicted octanol–water partition coefficient (Wildman–Crippen LogP) is 17.5. The molecule has 1 aliphatic rings. The third-order valence-electron chi connectivity index (χ3n) is 13.7. The van der Waals surface area contributed by atoms with E-state index in [2.05, 4.69) is 240 Å². The van der Waals surface area contributed by atoms with Crippen LogP contribution in [0.15, 0.2) is 231 Å². The van der Waals surface area contributed by atoms with Gasteiger partial charge in [0.25, 0.3) is 0 Å². The van der Waals surface area contributed by atoms with Gasteiger partial charge in [-0.2, -0.15) is 0 Å². The molecule has 0 aliphatic carbocycles. The SMILES string of the molecule is c1cc(-c2ccc3c4ccccc4c4ccccc4c3c2)cc(-n2c3ccccc3c3cc(-c4ccc5c(c4)Oc4c(ccc6ccccc46)N5c4cccc5ccccc45)ccc32)c1. The van der Waals surface area contributed by atoms with Crippen LogP contribution in [-0.4, -0.2) is 4.57 Å². The first-order valence-corrected chi connectivity index (χ1v) is 22.3. The number of fused-ring (bicyclic) bond motifs is 14. The molecular weight excluding hydrogens is 789 g/mol. The van der Waals surface area contributed by atoms with Crippen molar-refractivity contribution in [1.82, 2.24) is 4.57 Å². The lowest BCUT2D eigenvalue weighted by molar-refractivity contribution is 0.483. The van der Waals surface area contributed by atoms with Gasteiger partial charge in [0.05, 0.1) is 28.1 Å². The summed E-state index contributed by atoms with van der Waals surface area (Å²) in [4.78, 5) is 2.37. The van der Waals surface area contributed by atoms with Crippen LogP contribution in [-0.2, 0) is 0 Å². The van der Waals surface area contributed by atoms with Crippen LogP contribution in [0.4, 0.5) is 17.1 Å². The van der Waals surface area contributed by atoms with E-state index in [9.17, 15) is 0 Å². The first kappa shape index (κ1) is 35.9. The Balaban J connectivity index is 0.896. The van der Waals surface area contributed by atoms with E-state index in [1.807, 2.05) is 0 Å². The zero-order chi connectivity index (χ0) is 42.6. The highest BCUT2D eigenvalue weighted by Gasteiger charge is 2.29. The molecule has 65 heavy (non-hydrogen) atoms. The van der Waals surface area contributed by atoms with Crippen molar-refractivity contribution in [2.45, 2.75) is 0 Å². The second-order valence-electron chi connectivity index (χ2n) is 17.2. The van der Waals surface area contributed by atoms with Gasteiger partial charge in [-0.3, -0.25) is 0 Å². The van der Waals surface area contributed by atoms with Gasteiger partial charge in [0.1, 0.15) is 0 Å². The number of hydrogen-bond acceptors (Lipinski definition) is 2. The summed E-state index contributed by atoms with van der Waals surface area (Å²) in [5, 5.41) is 14.8. The molecule has 0 saturated carbocycles. The van der Waals surface area contributed by atoms with E-state index in [4.69, 9.17) is 4.74 Å². The Morgan fingerprint density at radius 2 is 0.800 bits per heavy atom. The number of aromatic nitrogens is 1. The molecule has 0 saturated heterocycles. The van der Waals surface area contributed by atoms with Crippen LogP contribution in [0.25, 0.3) is 104 Å². The molecule has 14 rings (SSSR count). The Hall–Kier alpha value is -8.66. The van der Waals surface area contributed by atoms with Crippen molar-refractivity contribution >= 4 is 92.7 Å². The number of ether oxygens (including phenoxy) is 1. The van der Waals surface area contributed by atoms with Crippen molar-refractivity contribution in [3.05, 3.63) is 231 Å². The number of para-hydroxylation sites is 1. The van der Waals surface area contributed by atoms with E-state index in [1.165, 1.54) is 76.0 Å². The molecule has 302 valence electrons. The maximum absolute atomic E-state index is 7.00. The smallest absolute Gasteiger partial charge is 0.159 e. The van der Waals surface area contributed by atoms with E-state index in [0.29, 0.717) is 0 Å². The summed E-state index contributed by atoms with van der Waals surface area (Å²) in [5.41, 5.74) is 11.3. The Labute approximate surface area is 375 Å². The number of anilines is 3. The van der Waals surface area contributed by atoms with Crippen LogP contribution in [0.3, 0.4) is 0 Å². The lowest BCUT2D eigenvalue weighted by Crippen LogP contribution is -2.16. The molecule has 0 bridgehead atoms. The van der Waals surface area contributed by atoms with E-state index >= 15 is 0 Å². The summed E-state index contributed by atoms with van der Waals surface area (Å²) in [7, 11) is 0. The average Bonchev–Trinajstić information content (AvgIpc) is 3.71. The topological polar surface area (TPSA) is 17.4 Å². The van der Waals surface area contributed by atoms with Gasteiger partial charge in [-0.05, 0) is 126 Å². The van der Waals surface area contributed by atoms with Crippen LogP contribution < -0.4 is 9.64 Å². The zero-order valence-electron chi connectivity index (χ0n) is 35.2. The third kappa shape index (κ3) is 5.43. The third-order valence-corrected chi connectivity index (χ3v) is 13.7. The lowest BCUT2D eigenvalue weighted by atomic mass is 9.92. The fourth-order valence-corrected chi connectivity index (χ4v) is 10.7. The normalized spacial score (nSPS) is 12.4. The van der Waals surface area contributed by atoms with Crippen LogP contribution in [0.1, 0.15) is 0 Å². The second-order valence-corrected chi connectivity index (χ2v) is 17.2. The minimum Gasteiger partial charge on any atom is -0.452 e. The van der Waals surface area contributed by atoms with Crippen molar-refractivity contribution in [2.75, 3.05) is 4.90 Å². The quantitative estimate of drug-likeness (QED) is 0.164. The molecule has 2 heterocycles. The summed E-state index contributed by atoms with van der Waals surface area (Å²) in [6, 6.07) is 84.0. The number of hydrogen-bond donors (Lipinski definition) is 0. The van der Waals surface area contributed by atoms with Crippen molar-refractivity contribution in [3.63, 3.8) is 0 Å². The number of benzene rings is 12. The molecule has 0 atom stereocenters. The van der Waals surface area contributed by atoms with Crippen molar-refractivity contribution in [1.29, 1.82) is 0 Å². The van der Waals surface area contributed by atoms with Gasteiger partial charge in [-0.1, -0.05) is 170 Å². The molecule has 1 aromatic heterocycles. The van der Waals surface area contributed by atoms with Crippen LogP contribution >= 0.6 is 0 Å². The highest BCUT2D eigenvalue weighted by Crippen LogP contribution is 2.55. The van der Waals surface area contributed by atoms with Gasteiger partial charge >= 0.3 is 0 Å². The van der Waals surface area contributed by atoms with E-state index in [0.717, 1.165) is 56.1 Å². The second kappa shape index (κ2) is 13.9. The molecule has 3 heteroatoms. The fourth-order valence-electron chi connectivity index (χ4n) is 10.7. The minimum absolute atomic E-state index is 0.827. The Morgan fingerprint density at radius 3 is 1.58 bits per heavy atom. The molecule has 0 spiro atoms. The monoisotopic (exact) mass is 826 g/mol. The van der Waals surface area contributed by atoms with Crippen LogP contribution in [0.2, 0.25) is 0 Å². The summed E-state index contributed by atoms with van der Waals surface area (Å²) in [6.07, 6.45) is 0.